The van der Waals surface area contributed by atoms with Gasteiger partial charge in [-0.25, -0.2) is 5.43 Å². The summed E-state index contributed by atoms with van der Waals surface area (Å²) >= 11 is 0. The van der Waals surface area contributed by atoms with E-state index in [0.717, 1.165) is 17.9 Å². The van der Waals surface area contributed by atoms with Crippen molar-refractivity contribution < 1.29 is 4.42 Å². The minimum absolute atomic E-state index is 0.111. The van der Waals surface area contributed by atoms with Crippen LogP contribution in [-0.2, 0) is 6.42 Å². The highest BCUT2D eigenvalue weighted by molar-refractivity contribution is 5.11. The quantitative estimate of drug-likeness (QED) is 0.553. The summed E-state index contributed by atoms with van der Waals surface area (Å²) in [6.45, 7) is 6.29. The number of hydrazine groups is 1. The van der Waals surface area contributed by atoms with Crippen molar-refractivity contribution in [2.24, 2.45) is 11.8 Å². The van der Waals surface area contributed by atoms with Gasteiger partial charge in [-0.2, -0.15) is 0 Å². The molecule has 0 aliphatic rings. The number of rotatable bonds is 4. The fourth-order valence-electron chi connectivity index (χ4n) is 1.35. The summed E-state index contributed by atoms with van der Waals surface area (Å²) < 4.78 is 5.60. The van der Waals surface area contributed by atoms with Crippen molar-refractivity contribution in [2.45, 2.75) is 33.2 Å². The van der Waals surface area contributed by atoms with Crippen molar-refractivity contribution in [3.63, 3.8) is 0 Å². The lowest BCUT2D eigenvalue weighted by atomic mass is 10.0. The zero-order valence-electron chi connectivity index (χ0n) is 8.50. The Morgan fingerprint density at radius 1 is 1.46 bits per heavy atom. The second-order valence-electron chi connectivity index (χ2n) is 3.55. The molecule has 0 amide bonds. The lowest BCUT2D eigenvalue weighted by Gasteiger charge is -2.16. The highest BCUT2D eigenvalue weighted by Crippen LogP contribution is 2.22. The molecule has 0 radical (unpaired) electrons. The van der Waals surface area contributed by atoms with Crippen LogP contribution in [0.5, 0.6) is 0 Å². The first-order chi connectivity index (χ1) is 6.19. The molecule has 1 aromatic rings. The molecule has 3 heteroatoms. The molecule has 1 aromatic heterocycles. The predicted octanol–water partition coefficient (Wildman–Crippen LogP) is 2.00. The molecule has 1 rings (SSSR count). The summed E-state index contributed by atoms with van der Waals surface area (Å²) in [6.07, 6.45) is 0.926. The molecule has 0 aliphatic carbocycles. The number of furan rings is 1. The van der Waals surface area contributed by atoms with Crippen LogP contribution >= 0.6 is 0 Å². The minimum Gasteiger partial charge on any atom is -0.464 e. The highest BCUT2D eigenvalue weighted by atomic mass is 16.3. The Balaban J connectivity index is 2.79. The van der Waals surface area contributed by atoms with Crippen LogP contribution in [0.3, 0.4) is 0 Å². The number of nitrogens with one attached hydrogen (secondary N) is 1. The Bertz CT molecular complexity index is 255. The molecule has 1 heterocycles. The molecule has 0 spiro atoms. The third-order valence-corrected chi connectivity index (χ3v) is 2.18. The topological polar surface area (TPSA) is 51.2 Å². The van der Waals surface area contributed by atoms with E-state index in [1.54, 1.807) is 0 Å². The summed E-state index contributed by atoms with van der Waals surface area (Å²) in [7, 11) is 0. The first kappa shape index (κ1) is 10.3. The van der Waals surface area contributed by atoms with Gasteiger partial charge in [0.2, 0.25) is 0 Å². The summed E-state index contributed by atoms with van der Waals surface area (Å²) in [5.41, 5.74) is 2.76. The first-order valence-electron chi connectivity index (χ1n) is 4.73. The smallest absolute Gasteiger partial charge is 0.122 e. The molecule has 3 nitrogen and oxygen atoms in total. The van der Waals surface area contributed by atoms with Crippen LogP contribution < -0.4 is 11.3 Å². The van der Waals surface area contributed by atoms with Crippen molar-refractivity contribution >= 4 is 0 Å². The van der Waals surface area contributed by atoms with Gasteiger partial charge in [-0.15, -0.1) is 0 Å². The van der Waals surface area contributed by atoms with E-state index in [9.17, 15) is 0 Å². The van der Waals surface area contributed by atoms with Crippen molar-refractivity contribution in [1.29, 1.82) is 0 Å². The van der Waals surface area contributed by atoms with Crippen LogP contribution in [-0.4, -0.2) is 0 Å². The number of hydrogen-bond acceptors (Lipinski definition) is 3. The van der Waals surface area contributed by atoms with Gasteiger partial charge in [-0.3, -0.25) is 5.84 Å². The molecule has 0 aromatic carbocycles. The standard InChI is InChI=1S/C10H18N2O/c1-4-8-5-6-9(13-8)10(12-11)7(2)3/h5-7,10,12H,4,11H2,1-3H3. The highest BCUT2D eigenvalue weighted by Gasteiger charge is 2.17. The van der Waals surface area contributed by atoms with Crippen LogP contribution in [0.25, 0.3) is 0 Å². The van der Waals surface area contributed by atoms with E-state index in [-0.39, 0.29) is 6.04 Å². The van der Waals surface area contributed by atoms with E-state index in [2.05, 4.69) is 26.2 Å². The normalized spacial score (nSPS) is 13.6. The van der Waals surface area contributed by atoms with Crippen LogP contribution in [0.1, 0.15) is 38.3 Å². The molecule has 3 N–H and O–H groups in total. The largest absolute Gasteiger partial charge is 0.464 e. The van der Waals surface area contributed by atoms with Crippen molar-refractivity contribution in [2.75, 3.05) is 0 Å². The zero-order valence-corrected chi connectivity index (χ0v) is 8.50. The summed E-state index contributed by atoms with van der Waals surface area (Å²) in [4.78, 5) is 0. The maximum Gasteiger partial charge on any atom is 0.122 e. The number of aryl methyl sites for hydroxylation is 1. The van der Waals surface area contributed by atoms with E-state index >= 15 is 0 Å². The Labute approximate surface area is 79.3 Å². The lowest BCUT2D eigenvalue weighted by molar-refractivity contribution is 0.336. The molecular weight excluding hydrogens is 164 g/mol. The number of hydrogen-bond donors (Lipinski definition) is 2. The van der Waals surface area contributed by atoms with Gasteiger partial charge >= 0.3 is 0 Å². The first-order valence-corrected chi connectivity index (χ1v) is 4.73. The SMILES string of the molecule is CCc1ccc(C(NN)C(C)C)o1. The van der Waals surface area contributed by atoms with Crippen LogP contribution in [0.15, 0.2) is 16.5 Å². The average molecular weight is 182 g/mol. The Morgan fingerprint density at radius 3 is 2.54 bits per heavy atom. The molecule has 0 bridgehead atoms. The van der Waals surface area contributed by atoms with Gasteiger partial charge in [-0.05, 0) is 18.1 Å². The van der Waals surface area contributed by atoms with Crippen molar-refractivity contribution in [3.8, 4) is 0 Å². The van der Waals surface area contributed by atoms with Gasteiger partial charge in [-0.1, -0.05) is 20.8 Å². The molecule has 13 heavy (non-hydrogen) atoms. The van der Waals surface area contributed by atoms with E-state index in [1.165, 1.54) is 0 Å². The summed E-state index contributed by atoms with van der Waals surface area (Å²) in [5, 5.41) is 0. The fourth-order valence-corrected chi connectivity index (χ4v) is 1.35. The van der Waals surface area contributed by atoms with Crippen LogP contribution in [0, 0.1) is 5.92 Å². The van der Waals surface area contributed by atoms with E-state index in [4.69, 9.17) is 10.3 Å². The second-order valence-corrected chi connectivity index (χ2v) is 3.55. The molecular formula is C10H18N2O. The van der Waals surface area contributed by atoms with E-state index in [1.807, 2.05) is 12.1 Å². The third kappa shape index (κ3) is 2.32. The van der Waals surface area contributed by atoms with Gasteiger partial charge in [0.15, 0.2) is 0 Å². The Kier molecular flexibility index (Phi) is 3.51. The van der Waals surface area contributed by atoms with Gasteiger partial charge in [0, 0.05) is 6.42 Å². The maximum absolute atomic E-state index is 5.60. The van der Waals surface area contributed by atoms with Crippen molar-refractivity contribution in [1.82, 2.24) is 5.43 Å². The third-order valence-electron chi connectivity index (χ3n) is 2.18. The van der Waals surface area contributed by atoms with Crippen LogP contribution in [0.2, 0.25) is 0 Å². The monoisotopic (exact) mass is 182 g/mol. The fraction of sp³-hybridized carbons (Fsp3) is 0.600. The van der Waals surface area contributed by atoms with E-state index in [0.29, 0.717) is 5.92 Å². The van der Waals surface area contributed by atoms with Gasteiger partial charge < -0.3 is 4.42 Å². The summed E-state index contributed by atoms with van der Waals surface area (Å²) in [6, 6.07) is 4.10. The predicted molar refractivity (Wildman–Crippen MR) is 53.0 cm³/mol. The maximum atomic E-state index is 5.60. The Morgan fingerprint density at radius 2 is 2.15 bits per heavy atom. The van der Waals surface area contributed by atoms with Gasteiger partial charge in [0.1, 0.15) is 11.5 Å². The van der Waals surface area contributed by atoms with Crippen molar-refractivity contribution in [3.05, 3.63) is 23.7 Å². The second kappa shape index (κ2) is 4.44. The Hall–Kier alpha value is -0.800. The molecule has 0 aliphatic heterocycles. The lowest BCUT2D eigenvalue weighted by Crippen LogP contribution is -2.31. The van der Waals surface area contributed by atoms with Crippen LogP contribution in [0.4, 0.5) is 0 Å². The minimum atomic E-state index is 0.111. The number of nitrogens with two attached hydrogens (primary N) is 1. The van der Waals surface area contributed by atoms with Gasteiger partial charge in [0.25, 0.3) is 0 Å². The molecule has 0 saturated carbocycles. The molecule has 0 fully saturated rings. The average Bonchev–Trinajstić information content (AvgIpc) is 2.53. The van der Waals surface area contributed by atoms with Gasteiger partial charge in [0.05, 0.1) is 6.04 Å². The van der Waals surface area contributed by atoms with E-state index < -0.39 is 0 Å². The zero-order chi connectivity index (χ0) is 9.84. The molecule has 74 valence electrons. The molecule has 1 unspecified atom stereocenters. The summed E-state index contributed by atoms with van der Waals surface area (Å²) in [5.74, 6) is 7.81. The molecule has 1 atom stereocenters. The molecule has 0 saturated heterocycles.